The highest BCUT2D eigenvalue weighted by molar-refractivity contribution is 5.98. The molecule has 1 aromatic rings. The quantitative estimate of drug-likeness (QED) is 0.895. The van der Waals surface area contributed by atoms with Crippen molar-refractivity contribution in [2.75, 3.05) is 6.54 Å². The van der Waals surface area contributed by atoms with Crippen LogP contribution in [0.2, 0.25) is 0 Å². The second kappa shape index (κ2) is 6.69. The molecule has 1 aliphatic heterocycles. The van der Waals surface area contributed by atoms with Crippen LogP contribution in [0.25, 0.3) is 0 Å². The number of aliphatic imine (C=N–C) groups is 1. The molecular weight excluding hydrogens is 269 g/mol. The fourth-order valence-electron chi connectivity index (χ4n) is 1.86. The molecule has 0 aliphatic carbocycles. The summed E-state index contributed by atoms with van der Waals surface area (Å²) in [5, 5.41) is 4.91. The molecule has 0 amide bonds. The summed E-state index contributed by atoms with van der Waals surface area (Å²) < 4.78 is 13.4. The molecule has 1 aromatic heterocycles. The van der Waals surface area contributed by atoms with Crippen molar-refractivity contribution in [3.05, 3.63) is 66.3 Å². The van der Waals surface area contributed by atoms with Gasteiger partial charge in [0.25, 0.3) is 0 Å². The molecule has 2 rings (SSSR count). The molecule has 0 bridgehead atoms. The summed E-state index contributed by atoms with van der Waals surface area (Å²) in [6.07, 6.45) is 7.84. The number of hydrazine groups is 1. The fourth-order valence-corrected chi connectivity index (χ4v) is 1.86. The maximum Gasteiger partial charge on any atom is 0.153 e. The van der Waals surface area contributed by atoms with Gasteiger partial charge in [0.1, 0.15) is 5.82 Å². The van der Waals surface area contributed by atoms with Gasteiger partial charge in [-0.2, -0.15) is 0 Å². The number of hydrogen-bond donors (Lipinski definition) is 2. The first-order valence-electron chi connectivity index (χ1n) is 6.62. The Bertz CT molecular complexity index is 618. The smallest absolute Gasteiger partial charge is 0.153 e. The topological polar surface area (TPSA) is 52.6 Å². The number of allylic oxidation sites excluding steroid dienone is 1. The minimum atomic E-state index is -0.405. The summed E-state index contributed by atoms with van der Waals surface area (Å²) in [6.45, 7) is 8.56. The number of hydrogen-bond acceptors (Lipinski definition) is 5. The van der Waals surface area contributed by atoms with Crippen LogP contribution in [0.1, 0.15) is 19.4 Å². The lowest BCUT2D eigenvalue weighted by molar-refractivity contribution is 0.324. The lowest BCUT2D eigenvalue weighted by Crippen LogP contribution is -2.42. The number of aromatic nitrogens is 1. The van der Waals surface area contributed by atoms with Gasteiger partial charge >= 0.3 is 0 Å². The van der Waals surface area contributed by atoms with Crippen molar-refractivity contribution in [2.24, 2.45) is 4.99 Å². The number of nitrogens with one attached hydrogen (secondary N) is 2. The zero-order chi connectivity index (χ0) is 15.2. The summed E-state index contributed by atoms with van der Waals surface area (Å²) in [6, 6.07) is 1.38. The highest BCUT2D eigenvalue weighted by atomic mass is 19.1. The molecule has 0 radical (unpaired) electrons. The molecule has 0 saturated heterocycles. The van der Waals surface area contributed by atoms with E-state index in [-0.39, 0.29) is 0 Å². The van der Waals surface area contributed by atoms with Gasteiger partial charge in [0.2, 0.25) is 0 Å². The van der Waals surface area contributed by atoms with Gasteiger partial charge in [-0.05, 0) is 25.5 Å². The highest BCUT2D eigenvalue weighted by Gasteiger charge is 2.13. The summed E-state index contributed by atoms with van der Waals surface area (Å²) >= 11 is 0. The van der Waals surface area contributed by atoms with Crippen LogP contribution in [-0.4, -0.2) is 22.4 Å². The Kier molecular flexibility index (Phi) is 4.71. The van der Waals surface area contributed by atoms with Gasteiger partial charge in [-0.25, -0.2) is 9.38 Å². The van der Waals surface area contributed by atoms with E-state index >= 15 is 0 Å². The van der Waals surface area contributed by atoms with Gasteiger partial charge in [-0.3, -0.25) is 15.4 Å². The van der Waals surface area contributed by atoms with E-state index in [2.05, 4.69) is 27.3 Å². The molecule has 6 heteroatoms. The number of rotatable bonds is 3. The van der Waals surface area contributed by atoms with Crippen molar-refractivity contribution in [3.8, 4) is 0 Å². The van der Waals surface area contributed by atoms with Crippen LogP contribution in [0.5, 0.6) is 0 Å². The van der Waals surface area contributed by atoms with Gasteiger partial charge in [-0.15, -0.1) is 0 Å². The average molecular weight is 287 g/mol. The predicted molar refractivity (Wildman–Crippen MR) is 81.4 cm³/mol. The van der Waals surface area contributed by atoms with Crippen LogP contribution in [0.4, 0.5) is 4.39 Å². The minimum Gasteiger partial charge on any atom is -0.364 e. The molecule has 0 saturated carbocycles. The molecule has 0 fully saturated rings. The Balaban J connectivity index is 2.38. The summed E-state index contributed by atoms with van der Waals surface area (Å²) in [5.74, 6) is 0.105. The van der Waals surface area contributed by atoms with E-state index in [1.807, 2.05) is 25.1 Å². The van der Waals surface area contributed by atoms with Crippen LogP contribution in [-0.2, 0) is 0 Å². The van der Waals surface area contributed by atoms with E-state index in [1.165, 1.54) is 6.07 Å². The van der Waals surface area contributed by atoms with E-state index in [0.717, 1.165) is 17.5 Å². The molecule has 0 atom stereocenters. The first-order valence-corrected chi connectivity index (χ1v) is 6.62. The number of pyridine rings is 1. The second-order valence-corrected chi connectivity index (χ2v) is 4.52. The first kappa shape index (κ1) is 14.8. The Hall–Kier alpha value is -2.63. The maximum atomic E-state index is 13.4. The molecule has 5 nitrogen and oxygen atoms in total. The van der Waals surface area contributed by atoms with E-state index in [9.17, 15) is 4.39 Å². The number of nitrogens with zero attached hydrogens (tertiary/aromatic N) is 3. The summed E-state index contributed by atoms with van der Waals surface area (Å²) in [7, 11) is 0. The number of likely N-dealkylation sites (N-methyl/N-ethyl adjacent to an activating group) is 1. The predicted octanol–water partition coefficient (Wildman–Crippen LogP) is 2.29. The zero-order valence-corrected chi connectivity index (χ0v) is 12.1. The van der Waals surface area contributed by atoms with Crippen LogP contribution in [0.15, 0.2) is 59.9 Å². The Morgan fingerprint density at radius 3 is 2.90 bits per heavy atom. The maximum absolute atomic E-state index is 13.4. The molecule has 0 unspecified atom stereocenters. The van der Waals surface area contributed by atoms with Gasteiger partial charge in [0.05, 0.1) is 11.9 Å². The molecule has 1 aliphatic rings. The normalized spacial score (nSPS) is 14.9. The lowest BCUT2D eigenvalue weighted by Gasteiger charge is -2.28. The second-order valence-electron chi connectivity index (χ2n) is 4.52. The first-order chi connectivity index (χ1) is 10.1. The third kappa shape index (κ3) is 3.68. The van der Waals surface area contributed by atoms with Crippen molar-refractivity contribution in [1.29, 1.82) is 0 Å². The Labute approximate surface area is 123 Å². The van der Waals surface area contributed by atoms with Crippen molar-refractivity contribution in [1.82, 2.24) is 20.7 Å². The van der Waals surface area contributed by atoms with Crippen molar-refractivity contribution >= 4 is 5.84 Å². The molecule has 2 N–H and O–H groups in total. The Morgan fingerprint density at radius 1 is 1.43 bits per heavy atom. The van der Waals surface area contributed by atoms with Gasteiger partial charge < -0.3 is 5.32 Å². The SMILES string of the molecule is C=C(C)C1=CNC=CN=C(c2cncc(F)c2)NN1CC. The van der Waals surface area contributed by atoms with E-state index in [1.54, 1.807) is 18.6 Å². The van der Waals surface area contributed by atoms with Crippen LogP contribution < -0.4 is 10.7 Å². The summed E-state index contributed by atoms with van der Waals surface area (Å²) in [5.41, 5.74) is 5.53. The van der Waals surface area contributed by atoms with E-state index < -0.39 is 5.82 Å². The largest absolute Gasteiger partial charge is 0.364 e. The van der Waals surface area contributed by atoms with Crippen molar-refractivity contribution in [3.63, 3.8) is 0 Å². The van der Waals surface area contributed by atoms with Gasteiger partial charge in [0, 0.05) is 36.9 Å². The fraction of sp³-hybridized carbons (Fsp3) is 0.200. The lowest BCUT2D eigenvalue weighted by atomic mass is 10.2. The van der Waals surface area contributed by atoms with E-state index in [0.29, 0.717) is 17.9 Å². The van der Waals surface area contributed by atoms with Crippen LogP contribution >= 0.6 is 0 Å². The number of halogens is 1. The Morgan fingerprint density at radius 2 is 2.24 bits per heavy atom. The standard InChI is InChI=1S/C15H18FN5/c1-4-21-14(11(2)3)10-17-5-6-19-15(20-21)12-7-13(16)9-18-8-12/h5-10,17H,2,4H2,1,3H3,(H,19,20). The molecule has 0 aromatic carbocycles. The highest BCUT2D eigenvalue weighted by Crippen LogP contribution is 2.12. The molecule has 2 heterocycles. The zero-order valence-electron chi connectivity index (χ0n) is 12.1. The molecule has 110 valence electrons. The summed E-state index contributed by atoms with van der Waals surface area (Å²) in [4.78, 5) is 8.15. The van der Waals surface area contributed by atoms with Gasteiger partial charge in [0.15, 0.2) is 5.84 Å². The van der Waals surface area contributed by atoms with Crippen molar-refractivity contribution < 1.29 is 4.39 Å². The third-order valence-corrected chi connectivity index (χ3v) is 2.86. The molecule has 21 heavy (non-hydrogen) atoms. The van der Waals surface area contributed by atoms with Crippen molar-refractivity contribution in [2.45, 2.75) is 13.8 Å². The minimum absolute atomic E-state index is 0.405. The third-order valence-electron chi connectivity index (χ3n) is 2.86. The monoisotopic (exact) mass is 287 g/mol. The molecular formula is C15H18FN5. The van der Waals surface area contributed by atoms with Gasteiger partial charge in [-0.1, -0.05) is 6.58 Å². The molecule has 0 spiro atoms. The van der Waals surface area contributed by atoms with Crippen LogP contribution in [0.3, 0.4) is 0 Å². The van der Waals surface area contributed by atoms with E-state index in [4.69, 9.17) is 0 Å². The average Bonchev–Trinajstić information content (AvgIpc) is 2.56. The number of amidine groups is 1. The van der Waals surface area contributed by atoms with Crippen LogP contribution in [0, 0.1) is 5.82 Å².